The first-order valence-electron chi connectivity index (χ1n) is 6.64. The van der Waals surface area contributed by atoms with Crippen molar-refractivity contribution in [2.24, 2.45) is 12.0 Å². The van der Waals surface area contributed by atoms with Crippen molar-refractivity contribution >= 4 is 5.71 Å². The molecule has 0 aromatic heterocycles. The third-order valence-electron chi connectivity index (χ3n) is 3.06. The molecule has 19 heavy (non-hydrogen) atoms. The minimum absolute atomic E-state index is 0.791. The maximum absolute atomic E-state index is 4.60. The molecule has 100 valence electrons. The van der Waals surface area contributed by atoms with E-state index in [9.17, 15) is 0 Å². The monoisotopic (exact) mass is 255 g/mol. The second kappa shape index (κ2) is 5.39. The van der Waals surface area contributed by atoms with Crippen molar-refractivity contribution in [3.8, 4) is 11.4 Å². The molecule has 0 N–H and O–H groups in total. The Hall–Kier alpha value is -1.90. The molecule has 2 aliphatic rings. The molecule has 0 aliphatic carbocycles. The number of pyridine rings is 1. The van der Waals surface area contributed by atoms with Gasteiger partial charge >= 0.3 is 0 Å². The highest BCUT2D eigenvalue weighted by molar-refractivity contribution is 6.09. The van der Waals surface area contributed by atoms with Gasteiger partial charge in [-0.25, -0.2) is 4.98 Å². The van der Waals surface area contributed by atoms with Crippen molar-refractivity contribution in [3.05, 3.63) is 41.2 Å². The summed E-state index contributed by atoms with van der Waals surface area (Å²) < 4.78 is 2.07. The summed E-state index contributed by atoms with van der Waals surface area (Å²) >= 11 is 0. The molecule has 0 amide bonds. The lowest BCUT2D eigenvalue weighted by molar-refractivity contribution is 0.888. The van der Waals surface area contributed by atoms with E-state index in [-0.39, 0.29) is 0 Å². The van der Waals surface area contributed by atoms with E-state index >= 15 is 0 Å². The molecule has 2 aliphatic heterocycles. The van der Waals surface area contributed by atoms with Gasteiger partial charge in [-0.15, -0.1) is 0 Å². The predicted octanol–water partition coefficient (Wildman–Crippen LogP) is 3.61. The van der Waals surface area contributed by atoms with Crippen LogP contribution in [-0.4, -0.2) is 21.8 Å². The van der Waals surface area contributed by atoms with Crippen LogP contribution >= 0.6 is 0 Å². The van der Waals surface area contributed by atoms with E-state index in [1.165, 1.54) is 16.7 Å². The fraction of sp³-hybridized carbons (Fsp3) is 0.375. The van der Waals surface area contributed by atoms with Crippen molar-refractivity contribution in [2.45, 2.75) is 27.7 Å². The molecule has 3 heteroatoms. The summed E-state index contributed by atoms with van der Waals surface area (Å²) in [6.07, 6.45) is 6.16. The van der Waals surface area contributed by atoms with Crippen LogP contribution in [0.25, 0.3) is 11.4 Å². The van der Waals surface area contributed by atoms with E-state index in [0.29, 0.717) is 0 Å². The van der Waals surface area contributed by atoms with Crippen LogP contribution in [0.15, 0.2) is 35.1 Å². The molecule has 0 saturated carbocycles. The molecule has 3 nitrogen and oxygen atoms in total. The first-order valence-corrected chi connectivity index (χ1v) is 6.64. The van der Waals surface area contributed by atoms with Gasteiger partial charge in [-0.2, -0.15) is 0 Å². The summed E-state index contributed by atoms with van der Waals surface area (Å²) in [6, 6.07) is 2.19. The van der Waals surface area contributed by atoms with E-state index in [1.807, 2.05) is 13.2 Å². The topological polar surface area (TPSA) is 30.2 Å². The molecule has 0 unspecified atom stereocenters. The summed E-state index contributed by atoms with van der Waals surface area (Å²) in [4.78, 5) is 9.04. The van der Waals surface area contributed by atoms with Gasteiger partial charge in [0.15, 0.2) is 0 Å². The largest absolute Gasteiger partial charge is 0.335 e. The molecule has 0 saturated heterocycles. The van der Waals surface area contributed by atoms with Crippen LogP contribution in [-0.2, 0) is 7.05 Å². The van der Waals surface area contributed by atoms with E-state index in [0.717, 1.165) is 23.6 Å². The van der Waals surface area contributed by atoms with Crippen LogP contribution in [0.5, 0.6) is 0 Å². The summed E-state index contributed by atoms with van der Waals surface area (Å²) in [5.41, 5.74) is 5.86. The molecular weight excluding hydrogens is 234 g/mol. The Morgan fingerprint density at radius 3 is 2.79 bits per heavy atom. The summed E-state index contributed by atoms with van der Waals surface area (Å²) in [5, 5.41) is 0. The van der Waals surface area contributed by atoms with Gasteiger partial charge in [0.1, 0.15) is 5.82 Å². The number of allylic oxidation sites excluding steroid dienone is 2. The number of hydrogen-bond acceptors (Lipinski definition) is 2. The van der Waals surface area contributed by atoms with Gasteiger partial charge in [0.05, 0.1) is 5.71 Å². The highest BCUT2D eigenvalue weighted by Gasteiger charge is 2.13. The van der Waals surface area contributed by atoms with Crippen LogP contribution in [0, 0.1) is 6.92 Å². The normalized spacial score (nSPS) is 11.9. The van der Waals surface area contributed by atoms with E-state index < -0.39 is 0 Å². The Morgan fingerprint density at radius 2 is 2.16 bits per heavy atom. The number of fused-ring (bicyclic) bond motifs is 1. The zero-order valence-electron chi connectivity index (χ0n) is 12.4. The first-order chi connectivity index (χ1) is 9.02. The fourth-order valence-corrected chi connectivity index (χ4v) is 2.20. The SMILES string of the molecule is CCN=C(C=C(C)C)c1cc2c(C)cnc-2n(C)c1. The molecule has 0 aromatic carbocycles. The zero-order valence-corrected chi connectivity index (χ0v) is 12.4. The van der Waals surface area contributed by atoms with Crippen LogP contribution in [0.2, 0.25) is 0 Å². The maximum atomic E-state index is 4.60. The van der Waals surface area contributed by atoms with Gasteiger partial charge in [0, 0.05) is 37.1 Å². The summed E-state index contributed by atoms with van der Waals surface area (Å²) in [6.45, 7) is 9.14. The van der Waals surface area contributed by atoms with Gasteiger partial charge in [-0.05, 0) is 45.4 Å². The van der Waals surface area contributed by atoms with Crippen molar-refractivity contribution in [1.82, 2.24) is 9.55 Å². The van der Waals surface area contributed by atoms with E-state index in [2.05, 4.69) is 60.6 Å². The summed E-state index contributed by atoms with van der Waals surface area (Å²) in [7, 11) is 2.03. The van der Waals surface area contributed by atoms with Crippen LogP contribution < -0.4 is 0 Å². The fourth-order valence-electron chi connectivity index (χ4n) is 2.20. The molecule has 0 spiro atoms. The Kier molecular flexibility index (Phi) is 3.84. The van der Waals surface area contributed by atoms with Crippen LogP contribution in [0.4, 0.5) is 0 Å². The Morgan fingerprint density at radius 1 is 1.42 bits per heavy atom. The molecule has 0 bridgehead atoms. The lowest BCUT2D eigenvalue weighted by Crippen LogP contribution is -2.06. The Balaban J connectivity index is 2.61. The minimum Gasteiger partial charge on any atom is -0.335 e. The van der Waals surface area contributed by atoms with Gasteiger partial charge in [-0.3, -0.25) is 4.99 Å². The lowest BCUT2D eigenvalue weighted by Gasteiger charge is -2.11. The van der Waals surface area contributed by atoms with Crippen LogP contribution in [0.3, 0.4) is 0 Å². The predicted molar refractivity (Wildman–Crippen MR) is 81.1 cm³/mol. The molecule has 2 rings (SSSR count). The standard InChI is InChI=1S/C16H21N3/c1-6-17-15(7-11(2)3)13-8-14-12(4)9-18-16(14)19(5)10-13/h7-10H,6H2,1-5H3. The maximum Gasteiger partial charge on any atom is 0.139 e. The Bertz CT molecular complexity index is 613. The average molecular weight is 255 g/mol. The molecular formula is C16H21N3. The van der Waals surface area contributed by atoms with Crippen molar-refractivity contribution < 1.29 is 0 Å². The lowest BCUT2D eigenvalue weighted by atomic mass is 10.0. The van der Waals surface area contributed by atoms with E-state index in [1.54, 1.807) is 0 Å². The molecule has 2 heterocycles. The number of aromatic nitrogens is 2. The number of rotatable bonds is 3. The smallest absolute Gasteiger partial charge is 0.139 e. The number of hydrogen-bond donors (Lipinski definition) is 0. The van der Waals surface area contributed by atoms with E-state index in [4.69, 9.17) is 0 Å². The molecule has 0 fully saturated rings. The quantitative estimate of drug-likeness (QED) is 0.771. The van der Waals surface area contributed by atoms with Gasteiger partial charge < -0.3 is 4.57 Å². The van der Waals surface area contributed by atoms with Crippen LogP contribution in [0.1, 0.15) is 31.9 Å². The summed E-state index contributed by atoms with van der Waals surface area (Å²) in [5.74, 6) is 1.02. The minimum atomic E-state index is 0.791. The van der Waals surface area contributed by atoms with Crippen molar-refractivity contribution in [2.75, 3.05) is 6.54 Å². The third kappa shape index (κ3) is 2.75. The molecule has 0 atom stereocenters. The molecule has 0 aromatic rings. The van der Waals surface area contributed by atoms with Gasteiger partial charge in [0.25, 0.3) is 0 Å². The highest BCUT2D eigenvalue weighted by atomic mass is 15.0. The Labute approximate surface area is 115 Å². The van der Waals surface area contributed by atoms with Gasteiger partial charge in [-0.1, -0.05) is 5.57 Å². The number of nitrogens with zero attached hydrogens (tertiary/aromatic N) is 3. The zero-order chi connectivity index (χ0) is 14.0. The highest BCUT2D eigenvalue weighted by Crippen LogP contribution is 2.25. The van der Waals surface area contributed by atoms with Crippen molar-refractivity contribution in [3.63, 3.8) is 0 Å². The second-order valence-electron chi connectivity index (χ2n) is 5.10. The first kappa shape index (κ1) is 13.5. The third-order valence-corrected chi connectivity index (χ3v) is 3.06. The second-order valence-corrected chi connectivity index (χ2v) is 5.10. The molecule has 0 radical (unpaired) electrons. The number of aryl methyl sites for hydroxylation is 2. The van der Waals surface area contributed by atoms with Gasteiger partial charge in [0.2, 0.25) is 0 Å². The number of aliphatic imine (C=N–C) groups is 1. The average Bonchev–Trinajstić information content (AvgIpc) is 2.71. The van der Waals surface area contributed by atoms with Crippen molar-refractivity contribution in [1.29, 1.82) is 0 Å².